The van der Waals surface area contributed by atoms with Crippen LogP contribution in [0.25, 0.3) is 0 Å². The summed E-state index contributed by atoms with van der Waals surface area (Å²) in [6.07, 6.45) is 1.63. The molecular formula is C15H18N4O2. The molecule has 6 nitrogen and oxygen atoms in total. The lowest BCUT2D eigenvalue weighted by Gasteiger charge is -2.20. The number of rotatable bonds is 5. The maximum Gasteiger partial charge on any atom is 0.170 e. The number of aromatic nitrogens is 1. The number of benzene rings is 1. The lowest BCUT2D eigenvalue weighted by atomic mass is 10.2. The Labute approximate surface area is 123 Å². The predicted molar refractivity (Wildman–Crippen MR) is 81.8 cm³/mol. The van der Waals surface area contributed by atoms with Gasteiger partial charge in [-0.05, 0) is 18.2 Å². The Morgan fingerprint density at radius 1 is 1.38 bits per heavy atom. The molecule has 0 saturated carbocycles. The molecule has 0 amide bonds. The van der Waals surface area contributed by atoms with E-state index in [9.17, 15) is 0 Å². The first-order valence-corrected chi connectivity index (χ1v) is 6.42. The molecule has 0 spiro atoms. The minimum absolute atomic E-state index is 0.0596. The second kappa shape index (κ2) is 6.60. The van der Waals surface area contributed by atoms with Crippen LogP contribution >= 0.6 is 0 Å². The molecule has 0 aliphatic rings. The topological polar surface area (TPSA) is 84.0 Å². The number of oxime groups is 1. The van der Waals surface area contributed by atoms with Gasteiger partial charge in [-0.15, -0.1) is 0 Å². The van der Waals surface area contributed by atoms with Gasteiger partial charge in [-0.2, -0.15) is 0 Å². The summed E-state index contributed by atoms with van der Waals surface area (Å²) in [7, 11) is 3.57. The van der Waals surface area contributed by atoms with Crippen molar-refractivity contribution in [2.24, 2.45) is 10.9 Å². The first-order chi connectivity index (χ1) is 10.2. The molecule has 0 aliphatic heterocycles. The summed E-state index contributed by atoms with van der Waals surface area (Å²) in [5, 5.41) is 11.7. The third-order valence-electron chi connectivity index (χ3n) is 3.14. The number of nitrogens with zero attached hydrogens (tertiary/aromatic N) is 3. The van der Waals surface area contributed by atoms with Crippen molar-refractivity contribution in [2.45, 2.75) is 6.54 Å². The predicted octanol–water partition coefficient (Wildman–Crippen LogP) is 1.82. The molecule has 21 heavy (non-hydrogen) atoms. The van der Waals surface area contributed by atoms with Crippen LogP contribution < -0.4 is 15.4 Å². The Kier molecular flexibility index (Phi) is 4.61. The van der Waals surface area contributed by atoms with E-state index in [0.717, 1.165) is 17.1 Å². The molecule has 1 aromatic carbocycles. The van der Waals surface area contributed by atoms with Crippen molar-refractivity contribution in [2.75, 3.05) is 19.1 Å². The van der Waals surface area contributed by atoms with Gasteiger partial charge >= 0.3 is 0 Å². The summed E-state index contributed by atoms with van der Waals surface area (Å²) in [5.74, 6) is 1.62. The molecule has 3 N–H and O–H groups in total. The molecule has 110 valence electrons. The highest BCUT2D eigenvalue weighted by Crippen LogP contribution is 2.21. The zero-order valence-electron chi connectivity index (χ0n) is 12.0. The Morgan fingerprint density at radius 2 is 2.14 bits per heavy atom. The van der Waals surface area contributed by atoms with Crippen molar-refractivity contribution in [1.82, 2.24) is 4.98 Å². The summed E-state index contributed by atoms with van der Waals surface area (Å²) in [5.41, 5.74) is 7.27. The minimum Gasteiger partial charge on any atom is -0.496 e. The normalized spacial score (nSPS) is 11.2. The zero-order valence-corrected chi connectivity index (χ0v) is 12.0. The summed E-state index contributed by atoms with van der Waals surface area (Å²) in [6, 6.07) is 11.3. The maximum atomic E-state index is 8.73. The number of hydrogen-bond acceptors (Lipinski definition) is 5. The number of hydrogen-bond donors (Lipinski definition) is 2. The first kappa shape index (κ1) is 14.6. The molecule has 0 bridgehead atoms. The quantitative estimate of drug-likeness (QED) is 0.379. The van der Waals surface area contributed by atoms with Crippen molar-refractivity contribution in [3.8, 4) is 5.75 Å². The van der Waals surface area contributed by atoms with E-state index in [1.807, 2.05) is 36.2 Å². The van der Waals surface area contributed by atoms with Crippen LogP contribution in [0.1, 0.15) is 11.1 Å². The van der Waals surface area contributed by atoms with Crippen LogP contribution in [0.2, 0.25) is 0 Å². The summed E-state index contributed by atoms with van der Waals surface area (Å²) >= 11 is 0. The highest BCUT2D eigenvalue weighted by Gasteiger charge is 2.09. The van der Waals surface area contributed by atoms with Gasteiger partial charge in [0.2, 0.25) is 0 Å². The third kappa shape index (κ3) is 3.42. The van der Waals surface area contributed by atoms with Gasteiger partial charge in [0.05, 0.1) is 7.11 Å². The molecule has 1 heterocycles. The van der Waals surface area contributed by atoms with Crippen LogP contribution in [0.15, 0.2) is 47.8 Å². The molecule has 2 rings (SSSR count). The van der Waals surface area contributed by atoms with Gasteiger partial charge in [0.15, 0.2) is 5.84 Å². The molecule has 2 aromatic rings. The minimum atomic E-state index is 0.0596. The van der Waals surface area contributed by atoms with E-state index in [4.69, 9.17) is 15.7 Å². The van der Waals surface area contributed by atoms with Crippen molar-refractivity contribution in [3.05, 3.63) is 53.7 Å². The van der Waals surface area contributed by atoms with E-state index in [2.05, 4.69) is 10.1 Å². The first-order valence-electron chi connectivity index (χ1n) is 6.42. The summed E-state index contributed by atoms with van der Waals surface area (Å²) in [6.45, 7) is 0.636. The lowest BCUT2D eigenvalue weighted by molar-refractivity contribution is 0.318. The van der Waals surface area contributed by atoms with Crippen molar-refractivity contribution >= 4 is 11.7 Å². The molecule has 0 unspecified atom stereocenters. The number of para-hydroxylation sites is 1. The molecule has 0 fully saturated rings. The Bertz CT molecular complexity index is 643. The van der Waals surface area contributed by atoms with Gasteiger partial charge in [0, 0.05) is 30.9 Å². The number of pyridine rings is 1. The fourth-order valence-corrected chi connectivity index (χ4v) is 2.01. The van der Waals surface area contributed by atoms with E-state index in [1.165, 1.54) is 0 Å². The number of methoxy groups -OCH3 is 1. The number of nitrogens with two attached hydrogens (primary N) is 1. The number of amidine groups is 1. The average Bonchev–Trinajstić information content (AvgIpc) is 2.54. The standard InChI is InChI=1S/C15H18N4O2/c1-19(10-12-5-3-4-6-13(12)21-2)14-9-11(7-8-17-14)15(16)18-20/h3-9,20H,10H2,1-2H3,(H2,16,18). The molecule has 0 saturated heterocycles. The smallest absolute Gasteiger partial charge is 0.170 e. The highest BCUT2D eigenvalue weighted by molar-refractivity contribution is 5.97. The fourth-order valence-electron chi connectivity index (χ4n) is 2.01. The maximum absolute atomic E-state index is 8.73. The second-order valence-corrected chi connectivity index (χ2v) is 4.56. The molecule has 1 aromatic heterocycles. The average molecular weight is 286 g/mol. The Morgan fingerprint density at radius 3 is 2.86 bits per heavy atom. The van der Waals surface area contributed by atoms with Crippen LogP contribution in [0.5, 0.6) is 5.75 Å². The van der Waals surface area contributed by atoms with Gasteiger partial charge in [-0.3, -0.25) is 0 Å². The fraction of sp³-hybridized carbons (Fsp3) is 0.200. The van der Waals surface area contributed by atoms with Crippen LogP contribution in [0.4, 0.5) is 5.82 Å². The van der Waals surface area contributed by atoms with E-state index in [1.54, 1.807) is 25.4 Å². The van der Waals surface area contributed by atoms with Gasteiger partial charge < -0.3 is 20.6 Å². The van der Waals surface area contributed by atoms with Crippen LogP contribution in [-0.4, -0.2) is 30.2 Å². The van der Waals surface area contributed by atoms with Gasteiger partial charge in [-0.1, -0.05) is 23.4 Å². The largest absolute Gasteiger partial charge is 0.496 e. The SMILES string of the molecule is COc1ccccc1CN(C)c1cc(C(N)=NO)ccn1. The van der Waals surface area contributed by atoms with E-state index in [0.29, 0.717) is 12.1 Å². The third-order valence-corrected chi connectivity index (χ3v) is 3.14. The number of ether oxygens (including phenoxy) is 1. The Hall–Kier alpha value is -2.76. The molecule has 0 atom stereocenters. The molecule has 0 aliphatic carbocycles. The lowest BCUT2D eigenvalue weighted by Crippen LogP contribution is -2.20. The van der Waals surface area contributed by atoms with E-state index < -0.39 is 0 Å². The summed E-state index contributed by atoms with van der Waals surface area (Å²) in [4.78, 5) is 6.26. The van der Waals surface area contributed by atoms with Crippen LogP contribution in [-0.2, 0) is 6.54 Å². The number of anilines is 1. The van der Waals surface area contributed by atoms with E-state index in [-0.39, 0.29) is 5.84 Å². The molecule has 0 radical (unpaired) electrons. The second-order valence-electron chi connectivity index (χ2n) is 4.56. The summed E-state index contributed by atoms with van der Waals surface area (Å²) < 4.78 is 5.34. The van der Waals surface area contributed by atoms with Crippen LogP contribution in [0, 0.1) is 0 Å². The van der Waals surface area contributed by atoms with E-state index >= 15 is 0 Å². The zero-order chi connectivity index (χ0) is 15.2. The van der Waals surface area contributed by atoms with Gasteiger partial charge in [0.25, 0.3) is 0 Å². The highest BCUT2D eigenvalue weighted by atomic mass is 16.5. The van der Waals surface area contributed by atoms with Gasteiger partial charge in [-0.25, -0.2) is 4.98 Å². The van der Waals surface area contributed by atoms with Crippen molar-refractivity contribution in [1.29, 1.82) is 0 Å². The van der Waals surface area contributed by atoms with Crippen LogP contribution in [0.3, 0.4) is 0 Å². The molecular weight excluding hydrogens is 268 g/mol. The Balaban J connectivity index is 2.22. The van der Waals surface area contributed by atoms with Crippen molar-refractivity contribution in [3.63, 3.8) is 0 Å². The van der Waals surface area contributed by atoms with Crippen molar-refractivity contribution < 1.29 is 9.94 Å². The molecule has 6 heteroatoms. The van der Waals surface area contributed by atoms with Gasteiger partial charge in [0.1, 0.15) is 11.6 Å². The monoisotopic (exact) mass is 286 g/mol.